The van der Waals surface area contributed by atoms with Gasteiger partial charge in [0.15, 0.2) is 0 Å². The van der Waals surface area contributed by atoms with Crippen LogP contribution in [-0.2, 0) is 4.74 Å². The van der Waals surface area contributed by atoms with Crippen LogP contribution in [0.15, 0.2) is 0 Å². The molecular formula is C26H53NO. The van der Waals surface area contributed by atoms with E-state index in [1.807, 2.05) is 0 Å². The minimum Gasteiger partial charge on any atom is -0.378 e. The van der Waals surface area contributed by atoms with Crippen LogP contribution in [-0.4, -0.2) is 25.3 Å². The molecular weight excluding hydrogens is 342 g/mol. The second-order valence-corrected chi connectivity index (χ2v) is 9.25. The molecule has 28 heavy (non-hydrogen) atoms. The summed E-state index contributed by atoms with van der Waals surface area (Å²) in [5.41, 5.74) is 0. The fraction of sp³-hybridized carbons (Fsp3) is 1.00. The fourth-order valence-corrected chi connectivity index (χ4v) is 4.48. The molecule has 2 heteroatoms. The van der Waals surface area contributed by atoms with Crippen LogP contribution in [0.4, 0.5) is 0 Å². The third-order valence-electron chi connectivity index (χ3n) is 6.49. The van der Waals surface area contributed by atoms with E-state index in [-0.39, 0.29) is 0 Å². The maximum atomic E-state index is 6.15. The first-order chi connectivity index (χ1) is 13.9. The highest BCUT2D eigenvalue weighted by Gasteiger charge is 2.20. The third kappa shape index (κ3) is 15.8. The van der Waals surface area contributed by atoms with Crippen molar-refractivity contribution in [1.29, 1.82) is 0 Å². The van der Waals surface area contributed by atoms with Gasteiger partial charge in [-0.25, -0.2) is 0 Å². The van der Waals surface area contributed by atoms with Gasteiger partial charge < -0.3 is 10.1 Å². The average Bonchev–Trinajstić information content (AvgIpc) is 2.72. The molecule has 0 spiro atoms. The van der Waals surface area contributed by atoms with E-state index in [4.69, 9.17) is 4.74 Å². The van der Waals surface area contributed by atoms with Crippen molar-refractivity contribution in [1.82, 2.24) is 5.32 Å². The molecule has 0 aliphatic heterocycles. The number of unbranched alkanes of at least 4 members (excludes halogenated alkanes) is 14. The molecule has 0 bridgehead atoms. The van der Waals surface area contributed by atoms with Crippen molar-refractivity contribution in [3.63, 3.8) is 0 Å². The van der Waals surface area contributed by atoms with Crippen molar-refractivity contribution in [2.45, 2.75) is 154 Å². The Labute approximate surface area is 178 Å². The van der Waals surface area contributed by atoms with Gasteiger partial charge in [0.1, 0.15) is 0 Å². The lowest BCUT2D eigenvalue weighted by molar-refractivity contribution is 0.0204. The molecule has 1 fully saturated rings. The molecule has 0 aromatic heterocycles. The normalized spacial score (nSPS) is 19.9. The zero-order valence-corrected chi connectivity index (χ0v) is 19.6. The lowest BCUT2D eigenvalue weighted by Gasteiger charge is -2.29. The molecule has 0 amide bonds. The smallest absolute Gasteiger partial charge is 0.0576 e. The first-order valence-electron chi connectivity index (χ1n) is 13.2. The summed E-state index contributed by atoms with van der Waals surface area (Å²) in [5.74, 6) is 0. The molecule has 0 unspecified atom stereocenters. The minimum atomic E-state index is 0.547. The van der Waals surface area contributed by atoms with Crippen LogP contribution in [0, 0.1) is 0 Å². The van der Waals surface area contributed by atoms with Crippen molar-refractivity contribution in [3.8, 4) is 0 Å². The van der Waals surface area contributed by atoms with Gasteiger partial charge in [-0.1, -0.05) is 104 Å². The Morgan fingerprint density at radius 2 is 1.04 bits per heavy atom. The number of ether oxygens (including phenoxy) is 1. The molecule has 0 saturated heterocycles. The van der Waals surface area contributed by atoms with Crippen LogP contribution in [0.1, 0.15) is 142 Å². The van der Waals surface area contributed by atoms with Gasteiger partial charge in [0.2, 0.25) is 0 Å². The van der Waals surface area contributed by atoms with Crippen molar-refractivity contribution in [3.05, 3.63) is 0 Å². The maximum Gasteiger partial charge on any atom is 0.0576 e. The van der Waals surface area contributed by atoms with Gasteiger partial charge in [-0.3, -0.25) is 0 Å². The van der Waals surface area contributed by atoms with E-state index in [1.54, 1.807) is 0 Å². The maximum absolute atomic E-state index is 6.15. The molecule has 1 aliphatic rings. The Morgan fingerprint density at radius 3 is 1.57 bits per heavy atom. The molecule has 168 valence electrons. The summed E-state index contributed by atoms with van der Waals surface area (Å²) in [5, 5.41) is 3.80. The molecule has 1 saturated carbocycles. The summed E-state index contributed by atoms with van der Waals surface area (Å²) in [7, 11) is 0. The second kappa shape index (κ2) is 20.2. The molecule has 0 aromatic carbocycles. The number of hydrogen-bond donors (Lipinski definition) is 1. The summed E-state index contributed by atoms with van der Waals surface area (Å²) in [4.78, 5) is 0. The quantitative estimate of drug-likeness (QED) is 0.210. The van der Waals surface area contributed by atoms with Crippen LogP contribution >= 0.6 is 0 Å². The molecule has 0 radical (unpaired) electrons. The van der Waals surface area contributed by atoms with E-state index in [2.05, 4.69) is 19.2 Å². The van der Waals surface area contributed by atoms with Crippen molar-refractivity contribution in [2.24, 2.45) is 0 Å². The molecule has 0 heterocycles. The Balaban J connectivity index is 1.81. The van der Waals surface area contributed by atoms with Crippen LogP contribution in [0.5, 0.6) is 0 Å². The van der Waals surface area contributed by atoms with Gasteiger partial charge in [0, 0.05) is 12.6 Å². The zero-order chi connectivity index (χ0) is 20.1. The number of rotatable bonds is 20. The first-order valence-corrected chi connectivity index (χ1v) is 13.2. The predicted octanol–water partition coefficient (Wildman–Crippen LogP) is 8.19. The Bertz CT molecular complexity index is 269. The summed E-state index contributed by atoms with van der Waals surface area (Å²) in [6, 6.07) is 0.757. The van der Waals surface area contributed by atoms with Crippen molar-refractivity contribution >= 4 is 0 Å². The van der Waals surface area contributed by atoms with Crippen molar-refractivity contribution in [2.75, 3.05) is 13.2 Å². The van der Waals surface area contributed by atoms with E-state index in [9.17, 15) is 0 Å². The fourth-order valence-electron chi connectivity index (χ4n) is 4.48. The van der Waals surface area contributed by atoms with Crippen molar-refractivity contribution < 1.29 is 4.74 Å². The van der Waals surface area contributed by atoms with Crippen LogP contribution in [0.3, 0.4) is 0 Å². The highest BCUT2D eigenvalue weighted by molar-refractivity contribution is 4.77. The lowest BCUT2D eigenvalue weighted by Crippen LogP contribution is -2.36. The molecule has 0 atom stereocenters. The van der Waals surface area contributed by atoms with Crippen LogP contribution < -0.4 is 5.32 Å². The summed E-state index contributed by atoms with van der Waals surface area (Å²) < 4.78 is 6.15. The highest BCUT2D eigenvalue weighted by atomic mass is 16.5. The molecule has 0 aromatic rings. The van der Waals surface area contributed by atoms with Gasteiger partial charge in [-0.05, 0) is 45.1 Å². The van der Waals surface area contributed by atoms with Crippen LogP contribution in [0.25, 0.3) is 0 Å². The topological polar surface area (TPSA) is 21.3 Å². The summed E-state index contributed by atoms with van der Waals surface area (Å²) in [6.07, 6.45) is 28.2. The SMILES string of the molecule is CCCCCCCCCCNC1CCC(OCCCCCCCCCC)CC1. The van der Waals surface area contributed by atoms with Gasteiger partial charge in [0.05, 0.1) is 6.10 Å². The predicted molar refractivity (Wildman–Crippen MR) is 125 cm³/mol. The standard InChI is InChI=1S/C26H53NO/c1-3-5-7-9-11-13-15-17-23-27-25-19-21-26(22-20-25)28-24-18-16-14-12-10-8-6-4-2/h25-27H,3-24H2,1-2H3. The molecule has 1 N–H and O–H groups in total. The first kappa shape index (κ1) is 26.0. The van der Waals surface area contributed by atoms with E-state index in [0.29, 0.717) is 6.10 Å². The average molecular weight is 396 g/mol. The van der Waals surface area contributed by atoms with E-state index < -0.39 is 0 Å². The Kier molecular flexibility index (Phi) is 18.7. The highest BCUT2D eigenvalue weighted by Crippen LogP contribution is 2.22. The Morgan fingerprint density at radius 1 is 0.571 bits per heavy atom. The number of hydrogen-bond acceptors (Lipinski definition) is 2. The van der Waals surface area contributed by atoms with Crippen LogP contribution in [0.2, 0.25) is 0 Å². The van der Waals surface area contributed by atoms with E-state index >= 15 is 0 Å². The summed E-state index contributed by atoms with van der Waals surface area (Å²) in [6.45, 7) is 6.81. The van der Waals surface area contributed by atoms with E-state index in [0.717, 1.165) is 12.6 Å². The largest absolute Gasteiger partial charge is 0.378 e. The zero-order valence-electron chi connectivity index (χ0n) is 19.6. The third-order valence-corrected chi connectivity index (χ3v) is 6.49. The molecule has 1 aliphatic carbocycles. The van der Waals surface area contributed by atoms with Gasteiger partial charge >= 0.3 is 0 Å². The van der Waals surface area contributed by atoms with Gasteiger partial charge in [-0.2, -0.15) is 0 Å². The van der Waals surface area contributed by atoms with Gasteiger partial charge in [-0.15, -0.1) is 0 Å². The second-order valence-electron chi connectivity index (χ2n) is 9.25. The minimum absolute atomic E-state index is 0.547. The summed E-state index contributed by atoms with van der Waals surface area (Å²) >= 11 is 0. The Hall–Kier alpha value is -0.0800. The monoisotopic (exact) mass is 395 g/mol. The number of nitrogens with one attached hydrogen (secondary N) is 1. The van der Waals surface area contributed by atoms with Gasteiger partial charge in [0.25, 0.3) is 0 Å². The van der Waals surface area contributed by atoms with E-state index in [1.165, 1.54) is 135 Å². The molecule has 2 nitrogen and oxygen atoms in total. The molecule has 1 rings (SSSR count). The lowest BCUT2D eigenvalue weighted by atomic mass is 9.93.